The summed E-state index contributed by atoms with van der Waals surface area (Å²) in [5.41, 5.74) is 0. The van der Waals surface area contributed by atoms with Crippen LogP contribution in [0.2, 0.25) is 0 Å². The molecule has 2 unspecified atom stereocenters. The molecule has 1 fully saturated rings. The van der Waals surface area contributed by atoms with Crippen molar-refractivity contribution < 1.29 is 9.90 Å². The average molecular weight is 156 g/mol. The van der Waals surface area contributed by atoms with E-state index >= 15 is 0 Å². The van der Waals surface area contributed by atoms with Gasteiger partial charge in [-0.1, -0.05) is 6.92 Å². The standard InChI is InChI=1S/C9H16O2/c1-2-8-5-7(6-10)3-4-9(8)11/h7-8,10H,2-6H2,1H3. The van der Waals surface area contributed by atoms with Gasteiger partial charge in [-0.05, 0) is 25.2 Å². The Hall–Kier alpha value is -0.370. The Balaban J connectivity index is 2.44. The molecular formula is C9H16O2. The van der Waals surface area contributed by atoms with Gasteiger partial charge in [-0.2, -0.15) is 0 Å². The first-order valence-electron chi connectivity index (χ1n) is 4.41. The third-order valence-electron chi connectivity index (χ3n) is 2.62. The van der Waals surface area contributed by atoms with Gasteiger partial charge in [-0.15, -0.1) is 0 Å². The van der Waals surface area contributed by atoms with E-state index in [2.05, 4.69) is 0 Å². The van der Waals surface area contributed by atoms with Gasteiger partial charge >= 0.3 is 0 Å². The number of aliphatic hydroxyl groups is 1. The molecule has 0 saturated heterocycles. The molecule has 1 saturated carbocycles. The molecule has 0 aromatic carbocycles. The fourth-order valence-electron chi connectivity index (χ4n) is 1.76. The maximum atomic E-state index is 11.2. The summed E-state index contributed by atoms with van der Waals surface area (Å²) < 4.78 is 0. The van der Waals surface area contributed by atoms with E-state index in [0.29, 0.717) is 18.1 Å². The van der Waals surface area contributed by atoms with Gasteiger partial charge in [-0.3, -0.25) is 4.79 Å². The first-order chi connectivity index (χ1) is 5.27. The van der Waals surface area contributed by atoms with Crippen LogP contribution in [0.15, 0.2) is 0 Å². The molecular weight excluding hydrogens is 140 g/mol. The molecule has 11 heavy (non-hydrogen) atoms. The Kier molecular flexibility index (Phi) is 3.06. The Morgan fingerprint density at radius 3 is 2.91 bits per heavy atom. The number of carbonyl (C=O) groups excluding carboxylic acids is 1. The molecule has 0 aliphatic heterocycles. The molecule has 64 valence electrons. The van der Waals surface area contributed by atoms with Gasteiger partial charge in [0.25, 0.3) is 0 Å². The maximum Gasteiger partial charge on any atom is 0.135 e. The van der Waals surface area contributed by atoms with Crippen molar-refractivity contribution in [2.24, 2.45) is 11.8 Å². The van der Waals surface area contributed by atoms with Crippen LogP contribution in [0.5, 0.6) is 0 Å². The predicted molar refractivity (Wildman–Crippen MR) is 43.2 cm³/mol. The molecule has 0 amide bonds. The molecule has 0 spiro atoms. The van der Waals surface area contributed by atoms with Crippen LogP contribution in [0.4, 0.5) is 0 Å². The molecule has 0 heterocycles. The lowest BCUT2D eigenvalue weighted by atomic mass is 9.80. The quantitative estimate of drug-likeness (QED) is 0.655. The van der Waals surface area contributed by atoms with E-state index in [1.807, 2.05) is 6.92 Å². The van der Waals surface area contributed by atoms with E-state index in [4.69, 9.17) is 5.11 Å². The zero-order valence-corrected chi connectivity index (χ0v) is 7.05. The van der Waals surface area contributed by atoms with E-state index in [0.717, 1.165) is 19.3 Å². The van der Waals surface area contributed by atoms with Gasteiger partial charge in [0.1, 0.15) is 5.78 Å². The molecule has 1 aliphatic carbocycles. The second-order valence-electron chi connectivity index (χ2n) is 3.39. The molecule has 2 heteroatoms. The highest BCUT2D eigenvalue weighted by molar-refractivity contribution is 5.81. The lowest BCUT2D eigenvalue weighted by molar-refractivity contribution is -0.126. The largest absolute Gasteiger partial charge is 0.396 e. The summed E-state index contributed by atoms with van der Waals surface area (Å²) in [6.45, 7) is 2.30. The summed E-state index contributed by atoms with van der Waals surface area (Å²) in [5.74, 6) is 1.02. The first kappa shape index (κ1) is 8.72. The molecule has 1 aliphatic rings. The van der Waals surface area contributed by atoms with E-state index in [1.165, 1.54) is 0 Å². The molecule has 0 radical (unpaired) electrons. The number of rotatable bonds is 2. The van der Waals surface area contributed by atoms with Crippen molar-refractivity contribution in [3.8, 4) is 0 Å². The van der Waals surface area contributed by atoms with Crippen molar-refractivity contribution in [2.45, 2.75) is 32.6 Å². The van der Waals surface area contributed by atoms with Gasteiger partial charge in [0.2, 0.25) is 0 Å². The molecule has 0 bridgehead atoms. The highest BCUT2D eigenvalue weighted by Crippen LogP contribution is 2.27. The summed E-state index contributed by atoms with van der Waals surface area (Å²) in [4.78, 5) is 11.2. The van der Waals surface area contributed by atoms with Crippen LogP contribution in [-0.4, -0.2) is 17.5 Å². The second-order valence-corrected chi connectivity index (χ2v) is 3.39. The highest BCUT2D eigenvalue weighted by atomic mass is 16.3. The maximum absolute atomic E-state index is 11.2. The number of hydrogen-bond donors (Lipinski definition) is 1. The lowest BCUT2D eigenvalue weighted by Gasteiger charge is -2.25. The van der Waals surface area contributed by atoms with Crippen LogP contribution in [0, 0.1) is 11.8 Å². The van der Waals surface area contributed by atoms with Crippen molar-refractivity contribution in [2.75, 3.05) is 6.61 Å². The minimum atomic E-state index is 0.237. The molecule has 0 aromatic heterocycles. The zero-order chi connectivity index (χ0) is 8.27. The summed E-state index contributed by atoms with van der Waals surface area (Å²) in [6.07, 6.45) is 3.43. The van der Waals surface area contributed by atoms with Crippen LogP contribution in [0.3, 0.4) is 0 Å². The minimum absolute atomic E-state index is 0.237. The summed E-state index contributed by atoms with van der Waals surface area (Å²) in [5, 5.41) is 8.88. The van der Waals surface area contributed by atoms with E-state index < -0.39 is 0 Å². The van der Waals surface area contributed by atoms with E-state index in [1.54, 1.807) is 0 Å². The third-order valence-corrected chi connectivity index (χ3v) is 2.62. The van der Waals surface area contributed by atoms with Gasteiger partial charge in [-0.25, -0.2) is 0 Å². The number of hydrogen-bond acceptors (Lipinski definition) is 2. The highest BCUT2D eigenvalue weighted by Gasteiger charge is 2.26. The topological polar surface area (TPSA) is 37.3 Å². The van der Waals surface area contributed by atoms with E-state index in [-0.39, 0.29) is 12.5 Å². The molecule has 1 rings (SSSR count). The first-order valence-corrected chi connectivity index (χ1v) is 4.41. The van der Waals surface area contributed by atoms with Gasteiger partial charge < -0.3 is 5.11 Å². The smallest absolute Gasteiger partial charge is 0.135 e. The molecule has 1 N–H and O–H groups in total. The Morgan fingerprint density at radius 1 is 1.64 bits per heavy atom. The monoisotopic (exact) mass is 156 g/mol. The second kappa shape index (κ2) is 3.86. The van der Waals surface area contributed by atoms with Crippen molar-refractivity contribution in [1.29, 1.82) is 0 Å². The number of ketones is 1. The lowest BCUT2D eigenvalue weighted by Crippen LogP contribution is -2.26. The average Bonchev–Trinajstić information content (AvgIpc) is 2.05. The summed E-state index contributed by atoms with van der Waals surface area (Å²) in [7, 11) is 0. The van der Waals surface area contributed by atoms with Crippen molar-refractivity contribution in [1.82, 2.24) is 0 Å². The van der Waals surface area contributed by atoms with Crippen LogP contribution < -0.4 is 0 Å². The third kappa shape index (κ3) is 2.03. The van der Waals surface area contributed by atoms with Crippen molar-refractivity contribution in [3.05, 3.63) is 0 Å². The Labute approximate surface area is 67.6 Å². The molecule has 0 aromatic rings. The van der Waals surface area contributed by atoms with Crippen LogP contribution in [0.25, 0.3) is 0 Å². The fourth-order valence-corrected chi connectivity index (χ4v) is 1.76. The minimum Gasteiger partial charge on any atom is -0.396 e. The molecule has 2 atom stereocenters. The van der Waals surface area contributed by atoms with Crippen LogP contribution in [-0.2, 0) is 4.79 Å². The normalized spacial score (nSPS) is 32.4. The fraction of sp³-hybridized carbons (Fsp3) is 0.889. The van der Waals surface area contributed by atoms with Crippen molar-refractivity contribution >= 4 is 5.78 Å². The number of aliphatic hydroxyl groups excluding tert-OH is 1. The predicted octanol–water partition coefficient (Wildman–Crippen LogP) is 1.37. The summed E-state index contributed by atoms with van der Waals surface area (Å²) >= 11 is 0. The van der Waals surface area contributed by atoms with Gasteiger partial charge in [0, 0.05) is 18.9 Å². The zero-order valence-electron chi connectivity index (χ0n) is 7.05. The SMILES string of the molecule is CCC1CC(CO)CCC1=O. The van der Waals surface area contributed by atoms with Crippen LogP contribution in [0.1, 0.15) is 32.6 Å². The Bertz CT molecular complexity index is 142. The van der Waals surface area contributed by atoms with E-state index in [9.17, 15) is 4.79 Å². The van der Waals surface area contributed by atoms with Crippen LogP contribution >= 0.6 is 0 Å². The van der Waals surface area contributed by atoms with Gasteiger partial charge in [0.15, 0.2) is 0 Å². The number of Topliss-reactive ketones (excluding diaryl/α,β-unsaturated/α-hetero) is 1. The van der Waals surface area contributed by atoms with Crippen molar-refractivity contribution in [3.63, 3.8) is 0 Å². The summed E-state index contributed by atoms with van der Waals surface area (Å²) in [6, 6.07) is 0. The number of carbonyl (C=O) groups is 1. The Morgan fingerprint density at radius 2 is 2.36 bits per heavy atom. The molecule has 2 nitrogen and oxygen atoms in total. The van der Waals surface area contributed by atoms with Gasteiger partial charge in [0.05, 0.1) is 0 Å².